The Balaban J connectivity index is 1.38. The lowest BCUT2D eigenvalue weighted by molar-refractivity contribution is 0.287. The standard InChI is InChI=1S/C26H21F3N2/c27-19-6-4-18(5-7-19)3-1-2-14-30-16-24-23-15-21(29)10-13-25(23)31(26(24)17-30)22-11-8-20(28)9-12-22/h1,3-13,15H,2,14,16-17H2. The molecule has 156 valence electrons. The summed E-state index contributed by atoms with van der Waals surface area (Å²) < 4.78 is 42.6. The van der Waals surface area contributed by atoms with Gasteiger partial charge in [0, 0.05) is 36.4 Å². The minimum Gasteiger partial charge on any atom is -0.312 e. The summed E-state index contributed by atoms with van der Waals surface area (Å²) in [5, 5.41) is 0.906. The van der Waals surface area contributed by atoms with E-state index < -0.39 is 0 Å². The van der Waals surface area contributed by atoms with E-state index in [0.29, 0.717) is 0 Å². The number of hydrogen-bond donors (Lipinski definition) is 0. The fraction of sp³-hybridized carbons (Fsp3) is 0.154. The summed E-state index contributed by atoms with van der Waals surface area (Å²) in [6.07, 6.45) is 4.93. The first-order chi connectivity index (χ1) is 15.1. The van der Waals surface area contributed by atoms with Crippen LogP contribution < -0.4 is 0 Å². The molecular formula is C26H21F3N2. The van der Waals surface area contributed by atoms with Crippen molar-refractivity contribution < 1.29 is 13.2 Å². The van der Waals surface area contributed by atoms with Crippen molar-refractivity contribution in [3.8, 4) is 5.69 Å². The van der Waals surface area contributed by atoms with Gasteiger partial charge in [0.05, 0.1) is 5.52 Å². The van der Waals surface area contributed by atoms with Crippen LogP contribution in [0, 0.1) is 17.5 Å². The van der Waals surface area contributed by atoms with Crippen molar-refractivity contribution in [2.24, 2.45) is 0 Å². The van der Waals surface area contributed by atoms with E-state index in [-0.39, 0.29) is 17.5 Å². The molecule has 0 fully saturated rings. The molecule has 0 N–H and O–H groups in total. The van der Waals surface area contributed by atoms with Crippen LogP contribution in [0.4, 0.5) is 13.2 Å². The first kappa shape index (κ1) is 19.6. The van der Waals surface area contributed by atoms with Crippen LogP contribution in [0.15, 0.2) is 72.8 Å². The Labute approximate surface area is 178 Å². The molecule has 0 aliphatic carbocycles. The Bertz CT molecular complexity index is 1250. The molecule has 0 saturated heterocycles. The average Bonchev–Trinajstić information content (AvgIpc) is 3.30. The molecule has 0 radical (unpaired) electrons. The molecular weight excluding hydrogens is 397 g/mol. The van der Waals surface area contributed by atoms with Gasteiger partial charge in [-0.2, -0.15) is 0 Å². The second-order valence-electron chi connectivity index (χ2n) is 7.85. The normalized spacial score (nSPS) is 14.0. The minimum absolute atomic E-state index is 0.239. The number of halogens is 3. The molecule has 0 spiro atoms. The Morgan fingerprint density at radius 3 is 2.19 bits per heavy atom. The zero-order valence-electron chi connectivity index (χ0n) is 16.9. The average molecular weight is 418 g/mol. The van der Waals surface area contributed by atoms with Crippen LogP contribution in [0.5, 0.6) is 0 Å². The lowest BCUT2D eigenvalue weighted by Gasteiger charge is -2.16. The second kappa shape index (κ2) is 8.08. The molecule has 0 bridgehead atoms. The highest BCUT2D eigenvalue weighted by Crippen LogP contribution is 2.36. The number of fused-ring (bicyclic) bond motifs is 3. The van der Waals surface area contributed by atoms with Gasteiger partial charge in [0.1, 0.15) is 17.5 Å². The minimum atomic E-state index is -0.280. The molecule has 3 aromatic carbocycles. The number of hydrogen-bond acceptors (Lipinski definition) is 1. The smallest absolute Gasteiger partial charge is 0.123 e. The maximum atomic E-state index is 14.0. The highest BCUT2D eigenvalue weighted by atomic mass is 19.1. The van der Waals surface area contributed by atoms with E-state index in [1.165, 1.54) is 30.3 Å². The molecule has 1 aliphatic heterocycles. The van der Waals surface area contributed by atoms with Crippen LogP contribution in [-0.4, -0.2) is 16.0 Å². The quantitative estimate of drug-likeness (QED) is 0.361. The third-order valence-electron chi connectivity index (χ3n) is 5.78. The van der Waals surface area contributed by atoms with Crippen molar-refractivity contribution in [1.29, 1.82) is 0 Å². The van der Waals surface area contributed by atoms with E-state index in [9.17, 15) is 13.2 Å². The van der Waals surface area contributed by atoms with Crippen LogP contribution >= 0.6 is 0 Å². The monoisotopic (exact) mass is 418 g/mol. The highest BCUT2D eigenvalue weighted by molar-refractivity contribution is 5.88. The predicted octanol–water partition coefficient (Wildman–Crippen LogP) is 6.47. The summed E-state index contributed by atoms with van der Waals surface area (Å²) in [4.78, 5) is 2.32. The van der Waals surface area contributed by atoms with E-state index in [1.54, 1.807) is 36.4 Å². The predicted molar refractivity (Wildman–Crippen MR) is 117 cm³/mol. The van der Waals surface area contributed by atoms with E-state index in [4.69, 9.17) is 0 Å². The Morgan fingerprint density at radius 1 is 0.774 bits per heavy atom. The first-order valence-electron chi connectivity index (χ1n) is 10.3. The summed E-state index contributed by atoms with van der Waals surface area (Å²) in [6.45, 7) is 2.34. The molecule has 1 aliphatic rings. The molecule has 0 unspecified atom stereocenters. The van der Waals surface area contributed by atoms with Gasteiger partial charge in [-0.25, -0.2) is 13.2 Å². The van der Waals surface area contributed by atoms with Gasteiger partial charge in [0.15, 0.2) is 0 Å². The maximum Gasteiger partial charge on any atom is 0.123 e. The van der Waals surface area contributed by atoms with E-state index in [0.717, 1.165) is 59.5 Å². The molecule has 0 atom stereocenters. The zero-order valence-corrected chi connectivity index (χ0v) is 16.9. The van der Waals surface area contributed by atoms with Crippen LogP contribution in [0.25, 0.3) is 22.7 Å². The van der Waals surface area contributed by atoms with Gasteiger partial charge in [-0.15, -0.1) is 0 Å². The van der Waals surface area contributed by atoms with E-state index in [2.05, 4.69) is 15.5 Å². The summed E-state index contributed by atoms with van der Waals surface area (Å²) in [7, 11) is 0. The van der Waals surface area contributed by atoms with Gasteiger partial charge in [-0.3, -0.25) is 4.90 Å². The van der Waals surface area contributed by atoms with Crippen molar-refractivity contribution in [2.45, 2.75) is 19.5 Å². The Hall–Kier alpha value is -3.31. The van der Waals surface area contributed by atoms with Gasteiger partial charge >= 0.3 is 0 Å². The molecule has 4 aromatic rings. The van der Waals surface area contributed by atoms with Crippen molar-refractivity contribution in [3.63, 3.8) is 0 Å². The topological polar surface area (TPSA) is 8.17 Å². The zero-order chi connectivity index (χ0) is 21.4. The Morgan fingerprint density at radius 2 is 1.45 bits per heavy atom. The molecule has 0 saturated carbocycles. The van der Waals surface area contributed by atoms with Crippen molar-refractivity contribution in [3.05, 3.63) is 107 Å². The second-order valence-corrected chi connectivity index (χ2v) is 7.85. The van der Waals surface area contributed by atoms with Crippen molar-refractivity contribution in [1.82, 2.24) is 9.47 Å². The number of benzene rings is 3. The molecule has 2 heterocycles. The fourth-order valence-electron chi connectivity index (χ4n) is 4.31. The van der Waals surface area contributed by atoms with E-state index in [1.807, 2.05) is 6.08 Å². The summed E-state index contributed by atoms with van der Waals surface area (Å²) in [5.74, 6) is -0.776. The summed E-state index contributed by atoms with van der Waals surface area (Å²) in [5.41, 5.74) is 5.03. The largest absolute Gasteiger partial charge is 0.312 e. The van der Waals surface area contributed by atoms with Gasteiger partial charge in [0.25, 0.3) is 0 Å². The molecule has 2 nitrogen and oxygen atoms in total. The number of nitrogens with zero attached hydrogens (tertiary/aromatic N) is 2. The van der Waals surface area contributed by atoms with Gasteiger partial charge < -0.3 is 4.57 Å². The van der Waals surface area contributed by atoms with E-state index >= 15 is 0 Å². The number of aromatic nitrogens is 1. The van der Waals surface area contributed by atoms with Crippen molar-refractivity contribution in [2.75, 3.05) is 6.54 Å². The lowest BCUT2D eigenvalue weighted by atomic mass is 10.1. The maximum absolute atomic E-state index is 14.0. The molecule has 1 aromatic heterocycles. The third kappa shape index (κ3) is 3.89. The van der Waals surface area contributed by atoms with Gasteiger partial charge in [-0.05, 0) is 72.1 Å². The van der Waals surface area contributed by atoms with Crippen LogP contribution in [0.1, 0.15) is 23.2 Å². The third-order valence-corrected chi connectivity index (χ3v) is 5.78. The SMILES string of the molecule is Fc1ccc(C=CCCN2Cc3c(n(-c4ccc(F)cc4)c4ccc(F)cc34)C2)cc1. The lowest BCUT2D eigenvalue weighted by Crippen LogP contribution is -2.18. The summed E-state index contributed by atoms with van der Waals surface area (Å²) >= 11 is 0. The highest BCUT2D eigenvalue weighted by Gasteiger charge is 2.27. The molecule has 31 heavy (non-hydrogen) atoms. The van der Waals surface area contributed by atoms with Crippen LogP contribution in [-0.2, 0) is 13.1 Å². The van der Waals surface area contributed by atoms with Crippen LogP contribution in [0.2, 0.25) is 0 Å². The van der Waals surface area contributed by atoms with Gasteiger partial charge in [0.2, 0.25) is 0 Å². The fourth-order valence-corrected chi connectivity index (χ4v) is 4.31. The first-order valence-corrected chi connectivity index (χ1v) is 10.3. The number of rotatable bonds is 5. The van der Waals surface area contributed by atoms with Crippen LogP contribution in [0.3, 0.4) is 0 Å². The Kier molecular flexibility index (Phi) is 5.12. The molecule has 5 rings (SSSR count). The summed E-state index contributed by atoms with van der Waals surface area (Å²) in [6, 6.07) is 17.7. The van der Waals surface area contributed by atoms with Crippen molar-refractivity contribution >= 4 is 17.0 Å². The molecule has 0 amide bonds. The molecule has 5 heteroatoms. The van der Waals surface area contributed by atoms with Gasteiger partial charge in [-0.1, -0.05) is 24.3 Å².